The molecule has 1 atom stereocenters. The second kappa shape index (κ2) is 4.65. The zero-order chi connectivity index (χ0) is 10.6. The van der Waals surface area contributed by atoms with E-state index >= 15 is 0 Å². The third-order valence-corrected chi connectivity index (χ3v) is 2.17. The number of methoxy groups -OCH3 is 1. The van der Waals surface area contributed by atoms with Crippen molar-refractivity contribution in [1.82, 2.24) is 0 Å². The first-order chi connectivity index (χ1) is 6.63. The van der Waals surface area contributed by atoms with Gasteiger partial charge in [0.2, 0.25) is 0 Å². The molecule has 1 N–H and O–H groups in total. The minimum absolute atomic E-state index is 0.0402. The van der Waals surface area contributed by atoms with E-state index in [2.05, 4.69) is 0 Å². The van der Waals surface area contributed by atoms with Crippen LogP contribution in [0.4, 0.5) is 0 Å². The Hall–Kier alpha value is -1.51. The maximum Gasteiger partial charge on any atom is 0.303 e. The number of carbonyl (C=O) groups is 1. The number of aliphatic carboxylic acids is 1. The molecule has 0 aliphatic heterocycles. The molecule has 0 aromatic heterocycles. The van der Waals surface area contributed by atoms with Crippen LogP contribution < -0.4 is 4.74 Å². The van der Waals surface area contributed by atoms with E-state index in [-0.39, 0.29) is 12.3 Å². The van der Waals surface area contributed by atoms with Crippen LogP contribution in [0.5, 0.6) is 5.75 Å². The van der Waals surface area contributed by atoms with Crippen molar-refractivity contribution >= 4 is 5.97 Å². The largest absolute Gasteiger partial charge is 0.497 e. The molecule has 14 heavy (non-hydrogen) atoms. The molecule has 0 unspecified atom stereocenters. The Morgan fingerprint density at radius 2 is 2.00 bits per heavy atom. The lowest BCUT2D eigenvalue weighted by Crippen LogP contribution is -2.02. The highest BCUT2D eigenvalue weighted by Gasteiger charge is 2.09. The van der Waals surface area contributed by atoms with Crippen LogP contribution in [0.2, 0.25) is 0 Å². The predicted molar refractivity (Wildman–Crippen MR) is 53.7 cm³/mol. The van der Waals surface area contributed by atoms with Crippen LogP contribution >= 0.6 is 0 Å². The highest BCUT2D eigenvalue weighted by Crippen LogP contribution is 2.21. The highest BCUT2D eigenvalue weighted by molar-refractivity contribution is 5.67. The summed E-state index contributed by atoms with van der Waals surface area (Å²) in [6.45, 7) is 1.90. The molecule has 0 saturated carbocycles. The van der Waals surface area contributed by atoms with Crippen LogP contribution in [0.1, 0.15) is 24.8 Å². The fourth-order valence-electron chi connectivity index (χ4n) is 1.31. The lowest BCUT2D eigenvalue weighted by Gasteiger charge is -2.09. The van der Waals surface area contributed by atoms with Crippen molar-refractivity contribution in [2.75, 3.05) is 7.11 Å². The zero-order valence-electron chi connectivity index (χ0n) is 8.36. The molecule has 0 heterocycles. The Balaban J connectivity index is 2.71. The lowest BCUT2D eigenvalue weighted by molar-refractivity contribution is -0.137. The molecule has 0 spiro atoms. The molecular weight excluding hydrogens is 180 g/mol. The van der Waals surface area contributed by atoms with Gasteiger partial charge in [0.15, 0.2) is 0 Å². The number of rotatable bonds is 4. The molecule has 1 aromatic rings. The van der Waals surface area contributed by atoms with E-state index in [9.17, 15) is 4.79 Å². The number of carboxylic acids is 1. The molecule has 0 fully saturated rings. The Kier molecular flexibility index (Phi) is 3.51. The van der Waals surface area contributed by atoms with Crippen LogP contribution in [-0.4, -0.2) is 18.2 Å². The van der Waals surface area contributed by atoms with Gasteiger partial charge in [0.25, 0.3) is 0 Å². The Labute approximate surface area is 83.3 Å². The van der Waals surface area contributed by atoms with Crippen molar-refractivity contribution in [1.29, 1.82) is 0 Å². The van der Waals surface area contributed by atoms with Crippen molar-refractivity contribution in [3.63, 3.8) is 0 Å². The molecular formula is C11H14O3. The van der Waals surface area contributed by atoms with Crippen molar-refractivity contribution in [2.45, 2.75) is 19.3 Å². The van der Waals surface area contributed by atoms with Gasteiger partial charge in [0.05, 0.1) is 13.5 Å². The Morgan fingerprint density at radius 1 is 1.43 bits per heavy atom. The second-order valence-electron chi connectivity index (χ2n) is 3.27. The first-order valence-electron chi connectivity index (χ1n) is 4.49. The van der Waals surface area contributed by atoms with E-state index in [0.717, 1.165) is 11.3 Å². The summed E-state index contributed by atoms with van der Waals surface area (Å²) < 4.78 is 5.01. The number of ether oxygens (including phenoxy) is 1. The molecule has 0 bridgehead atoms. The van der Waals surface area contributed by atoms with E-state index in [0.29, 0.717) is 0 Å². The summed E-state index contributed by atoms with van der Waals surface area (Å²) in [5, 5.41) is 8.62. The van der Waals surface area contributed by atoms with Gasteiger partial charge in [-0.25, -0.2) is 0 Å². The summed E-state index contributed by atoms with van der Waals surface area (Å²) in [6.07, 6.45) is 0.159. The topological polar surface area (TPSA) is 46.5 Å². The predicted octanol–water partition coefficient (Wildman–Crippen LogP) is 2.27. The first-order valence-corrected chi connectivity index (χ1v) is 4.49. The summed E-state index contributed by atoms with van der Waals surface area (Å²) in [5.41, 5.74) is 1.02. The fraction of sp³-hybridized carbons (Fsp3) is 0.364. The molecule has 0 saturated heterocycles. The molecule has 1 aromatic carbocycles. The highest BCUT2D eigenvalue weighted by atomic mass is 16.5. The smallest absolute Gasteiger partial charge is 0.303 e. The van der Waals surface area contributed by atoms with Crippen LogP contribution in [0.25, 0.3) is 0 Å². The van der Waals surface area contributed by atoms with Gasteiger partial charge in [-0.3, -0.25) is 4.79 Å². The SMILES string of the molecule is COc1ccc([C@H](C)CC(=O)O)cc1. The third kappa shape index (κ3) is 2.76. The average Bonchev–Trinajstić information content (AvgIpc) is 2.17. The van der Waals surface area contributed by atoms with Gasteiger partial charge in [0, 0.05) is 0 Å². The second-order valence-corrected chi connectivity index (χ2v) is 3.27. The van der Waals surface area contributed by atoms with Gasteiger partial charge < -0.3 is 9.84 Å². The summed E-state index contributed by atoms with van der Waals surface area (Å²) in [4.78, 5) is 10.5. The molecule has 3 nitrogen and oxygen atoms in total. The van der Waals surface area contributed by atoms with Crippen molar-refractivity contribution in [3.05, 3.63) is 29.8 Å². The summed E-state index contributed by atoms with van der Waals surface area (Å²) in [6, 6.07) is 7.47. The number of hydrogen-bond donors (Lipinski definition) is 1. The fourth-order valence-corrected chi connectivity index (χ4v) is 1.31. The van der Waals surface area contributed by atoms with Crippen molar-refractivity contribution < 1.29 is 14.6 Å². The minimum Gasteiger partial charge on any atom is -0.497 e. The van der Waals surface area contributed by atoms with Gasteiger partial charge in [-0.1, -0.05) is 19.1 Å². The van der Waals surface area contributed by atoms with Gasteiger partial charge in [-0.05, 0) is 23.6 Å². The third-order valence-electron chi connectivity index (χ3n) is 2.17. The number of benzene rings is 1. The van der Waals surface area contributed by atoms with Crippen molar-refractivity contribution in [2.24, 2.45) is 0 Å². The quantitative estimate of drug-likeness (QED) is 0.799. The van der Waals surface area contributed by atoms with Gasteiger partial charge >= 0.3 is 5.97 Å². The van der Waals surface area contributed by atoms with E-state index in [1.54, 1.807) is 7.11 Å². The van der Waals surface area contributed by atoms with Crippen LogP contribution in [-0.2, 0) is 4.79 Å². The van der Waals surface area contributed by atoms with Crippen LogP contribution in [0, 0.1) is 0 Å². The van der Waals surface area contributed by atoms with Gasteiger partial charge in [-0.15, -0.1) is 0 Å². The standard InChI is InChI=1S/C11H14O3/c1-8(7-11(12)13)9-3-5-10(14-2)6-4-9/h3-6,8H,7H2,1-2H3,(H,12,13)/t8-/m1/s1. The molecule has 3 heteroatoms. The molecule has 1 rings (SSSR count). The van der Waals surface area contributed by atoms with Crippen LogP contribution in [0.3, 0.4) is 0 Å². The molecule has 0 amide bonds. The summed E-state index contributed by atoms with van der Waals surface area (Å²) in [7, 11) is 1.61. The van der Waals surface area contributed by atoms with E-state index in [1.807, 2.05) is 31.2 Å². The molecule has 0 aliphatic rings. The Morgan fingerprint density at radius 3 is 2.43 bits per heavy atom. The number of hydrogen-bond acceptors (Lipinski definition) is 2. The molecule has 76 valence electrons. The average molecular weight is 194 g/mol. The van der Waals surface area contributed by atoms with E-state index < -0.39 is 5.97 Å². The zero-order valence-corrected chi connectivity index (χ0v) is 8.36. The number of carboxylic acid groups (broad SMARTS) is 1. The van der Waals surface area contributed by atoms with Crippen LogP contribution in [0.15, 0.2) is 24.3 Å². The first kappa shape index (κ1) is 10.6. The summed E-state index contributed by atoms with van der Waals surface area (Å²) >= 11 is 0. The lowest BCUT2D eigenvalue weighted by atomic mass is 9.98. The maximum absolute atomic E-state index is 10.5. The monoisotopic (exact) mass is 194 g/mol. The Bertz CT molecular complexity index is 303. The molecule has 0 aliphatic carbocycles. The molecule has 0 radical (unpaired) electrons. The maximum atomic E-state index is 10.5. The minimum atomic E-state index is -0.770. The van der Waals surface area contributed by atoms with Gasteiger partial charge in [0.1, 0.15) is 5.75 Å². The van der Waals surface area contributed by atoms with E-state index in [4.69, 9.17) is 9.84 Å². The summed E-state index contributed by atoms with van der Waals surface area (Å²) in [5.74, 6) is 0.0583. The normalized spacial score (nSPS) is 12.1. The van der Waals surface area contributed by atoms with Gasteiger partial charge in [-0.2, -0.15) is 0 Å². The van der Waals surface area contributed by atoms with E-state index in [1.165, 1.54) is 0 Å². The van der Waals surface area contributed by atoms with Crippen molar-refractivity contribution in [3.8, 4) is 5.75 Å².